The normalized spacial score (nSPS) is 9.89. The van der Waals surface area contributed by atoms with Gasteiger partial charge in [0.1, 0.15) is 6.61 Å². The number of esters is 1. The number of carbonyl (C=O) groups is 2. The Kier molecular flexibility index (Phi) is 3.93. The molecule has 96 valence electrons. The molecule has 0 bridgehead atoms. The number of carboxylic acid groups (broad SMARTS) is 1. The van der Waals surface area contributed by atoms with Gasteiger partial charge in [0.2, 0.25) is 0 Å². The molecule has 19 heavy (non-hydrogen) atoms. The molecule has 0 aliphatic rings. The van der Waals surface area contributed by atoms with Crippen LogP contribution in [0.4, 0.5) is 0 Å². The maximum absolute atomic E-state index is 11.8. The van der Waals surface area contributed by atoms with E-state index in [-0.39, 0.29) is 17.7 Å². The molecule has 4 nitrogen and oxygen atoms in total. The van der Waals surface area contributed by atoms with E-state index >= 15 is 0 Å². The molecule has 0 unspecified atom stereocenters. The molecule has 0 amide bonds. The summed E-state index contributed by atoms with van der Waals surface area (Å²) in [6.45, 7) is 0.0983. The van der Waals surface area contributed by atoms with Crippen molar-refractivity contribution in [3.63, 3.8) is 0 Å². The summed E-state index contributed by atoms with van der Waals surface area (Å²) in [4.78, 5) is 22.7. The van der Waals surface area contributed by atoms with Crippen LogP contribution in [0.3, 0.4) is 0 Å². The van der Waals surface area contributed by atoms with E-state index in [4.69, 9.17) is 4.74 Å². The average Bonchev–Trinajstić information content (AvgIpc) is 2.46. The summed E-state index contributed by atoms with van der Waals surface area (Å²) >= 11 is 0. The van der Waals surface area contributed by atoms with E-state index in [1.54, 1.807) is 6.07 Å². The highest BCUT2D eigenvalue weighted by atomic mass is 16.5. The number of hydrogen-bond acceptors (Lipinski definition) is 4. The molecule has 2 aromatic carbocycles. The van der Waals surface area contributed by atoms with E-state index in [1.807, 2.05) is 30.3 Å². The smallest absolute Gasteiger partial charge is 0.339 e. The summed E-state index contributed by atoms with van der Waals surface area (Å²) in [6, 6.07) is 15.0. The monoisotopic (exact) mass is 255 g/mol. The fourth-order valence-corrected chi connectivity index (χ4v) is 1.64. The molecular formula is C15H11O4-. The van der Waals surface area contributed by atoms with E-state index in [2.05, 4.69) is 0 Å². The van der Waals surface area contributed by atoms with E-state index in [0.29, 0.717) is 0 Å². The number of hydrogen-bond donors (Lipinski definition) is 0. The van der Waals surface area contributed by atoms with Gasteiger partial charge in [0.25, 0.3) is 0 Å². The minimum absolute atomic E-state index is 0.00145. The van der Waals surface area contributed by atoms with Crippen molar-refractivity contribution in [3.05, 3.63) is 71.3 Å². The van der Waals surface area contributed by atoms with Crippen LogP contribution in [0.2, 0.25) is 0 Å². The lowest BCUT2D eigenvalue weighted by Gasteiger charge is -2.10. The lowest BCUT2D eigenvalue weighted by molar-refractivity contribution is -0.255. The first-order chi connectivity index (χ1) is 9.18. The summed E-state index contributed by atoms with van der Waals surface area (Å²) in [5, 5.41) is 10.9. The second kappa shape index (κ2) is 5.82. The maximum atomic E-state index is 11.8. The summed E-state index contributed by atoms with van der Waals surface area (Å²) in [7, 11) is 0. The van der Waals surface area contributed by atoms with Crippen molar-refractivity contribution in [1.82, 2.24) is 0 Å². The Balaban J connectivity index is 2.10. The molecule has 4 heteroatoms. The highest BCUT2D eigenvalue weighted by Crippen LogP contribution is 2.11. The SMILES string of the molecule is O=C([O-])c1ccccc1C(=O)OCc1ccccc1. The molecule has 2 aromatic rings. The Morgan fingerprint density at radius 1 is 0.895 bits per heavy atom. The van der Waals surface area contributed by atoms with Crippen LogP contribution in [0, 0.1) is 0 Å². The Morgan fingerprint density at radius 3 is 2.11 bits per heavy atom. The molecule has 0 atom stereocenters. The van der Waals surface area contributed by atoms with Gasteiger partial charge in [-0.05, 0) is 11.6 Å². The number of rotatable bonds is 4. The van der Waals surface area contributed by atoms with Crippen LogP contribution in [-0.4, -0.2) is 11.9 Å². The van der Waals surface area contributed by atoms with Gasteiger partial charge in [0.05, 0.1) is 11.5 Å². The molecular weight excluding hydrogens is 244 g/mol. The third kappa shape index (κ3) is 3.19. The fraction of sp³-hybridized carbons (Fsp3) is 0.0667. The largest absolute Gasteiger partial charge is 0.545 e. The number of carbonyl (C=O) groups excluding carboxylic acids is 2. The second-order valence-corrected chi connectivity index (χ2v) is 3.89. The zero-order valence-corrected chi connectivity index (χ0v) is 10.0. The van der Waals surface area contributed by atoms with Gasteiger partial charge in [-0.2, -0.15) is 0 Å². The zero-order valence-electron chi connectivity index (χ0n) is 10.0. The van der Waals surface area contributed by atoms with Gasteiger partial charge in [0.15, 0.2) is 0 Å². The Morgan fingerprint density at radius 2 is 1.47 bits per heavy atom. The number of aromatic carboxylic acids is 1. The third-order valence-corrected chi connectivity index (χ3v) is 2.58. The molecule has 0 fully saturated rings. The standard InChI is InChI=1S/C15H12O4/c16-14(17)12-8-4-5-9-13(12)15(18)19-10-11-6-2-1-3-7-11/h1-9H,10H2,(H,16,17)/p-1. The van der Waals surface area contributed by atoms with Crippen molar-refractivity contribution in [2.24, 2.45) is 0 Å². The van der Waals surface area contributed by atoms with Gasteiger partial charge in [0, 0.05) is 5.56 Å². The van der Waals surface area contributed by atoms with Crippen LogP contribution in [0.25, 0.3) is 0 Å². The molecule has 0 aliphatic carbocycles. The van der Waals surface area contributed by atoms with Crippen LogP contribution in [-0.2, 0) is 11.3 Å². The van der Waals surface area contributed by atoms with Crippen LogP contribution >= 0.6 is 0 Å². The minimum Gasteiger partial charge on any atom is -0.545 e. The second-order valence-electron chi connectivity index (χ2n) is 3.89. The van der Waals surface area contributed by atoms with E-state index in [1.165, 1.54) is 18.2 Å². The molecule has 0 heterocycles. The predicted molar refractivity (Wildman–Crippen MR) is 66.3 cm³/mol. The average molecular weight is 255 g/mol. The van der Waals surface area contributed by atoms with E-state index < -0.39 is 11.9 Å². The van der Waals surface area contributed by atoms with Gasteiger partial charge in [-0.15, -0.1) is 0 Å². The molecule has 0 radical (unpaired) electrons. The van der Waals surface area contributed by atoms with Gasteiger partial charge in [-0.3, -0.25) is 0 Å². The Bertz CT molecular complexity index is 590. The van der Waals surface area contributed by atoms with Crippen molar-refractivity contribution in [1.29, 1.82) is 0 Å². The van der Waals surface area contributed by atoms with Gasteiger partial charge in [-0.1, -0.05) is 48.5 Å². The third-order valence-electron chi connectivity index (χ3n) is 2.58. The predicted octanol–water partition coefficient (Wildman–Crippen LogP) is 1.41. The van der Waals surface area contributed by atoms with Gasteiger partial charge < -0.3 is 14.6 Å². The lowest BCUT2D eigenvalue weighted by atomic mass is 10.1. The molecule has 0 aliphatic heterocycles. The molecule has 0 spiro atoms. The summed E-state index contributed by atoms with van der Waals surface area (Å²) in [6.07, 6.45) is 0. The topological polar surface area (TPSA) is 66.4 Å². The van der Waals surface area contributed by atoms with Crippen LogP contribution < -0.4 is 5.11 Å². The zero-order chi connectivity index (χ0) is 13.7. The fourth-order valence-electron chi connectivity index (χ4n) is 1.64. The van der Waals surface area contributed by atoms with Crippen LogP contribution in [0.5, 0.6) is 0 Å². The van der Waals surface area contributed by atoms with Crippen LogP contribution in [0.1, 0.15) is 26.3 Å². The van der Waals surface area contributed by atoms with Crippen molar-refractivity contribution in [2.75, 3.05) is 0 Å². The number of carboxylic acids is 1. The van der Waals surface area contributed by atoms with Crippen molar-refractivity contribution in [3.8, 4) is 0 Å². The molecule has 2 rings (SSSR count). The molecule has 0 N–H and O–H groups in total. The first kappa shape index (κ1) is 12.8. The lowest BCUT2D eigenvalue weighted by Crippen LogP contribution is -2.25. The molecule has 0 saturated carbocycles. The quantitative estimate of drug-likeness (QED) is 0.775. The van der Waals surface area contributed by atoms with Gasteiger partial charge >= 0.3 is 5.97 Å². The minimum atomic E-state index is -1.40. The summed E-state index contributed by atoms with van der Waals surface area (Å²) < 4.78 is 5.07. The first-order valence-corrected chi connectivity index (χ1v) is 5.70. The number of benzene rings is 2. The van der Waals surface area contributed by atoms with Crippen LogP contribution in [0.15, 0.2) is 54.6 Å². The van der Waals surface area contributed by atoms with E-state index in [9.17, 15) is 14.7 Å². The summed E-state index contributed by atoms with van der Waals surface area (Å²) in [5.74, 6) is -2.07. The summed E-state index contributed by atoms with van der Waals surface area (Å²) in [5.41, 5.74) is 0.667. The van der Waals surface area contributed by atoms with Crippen molar-refractivity contribution in [2.45, 2.75) is 6.61 Å². The number of ether oxygens (including phenoxy) is 1. The Labute approximate surface area is 110 Å². The highest BCUT2D eigenvalue weighted by Gasteiger charge is 2.12. The highest BCUT2D eigenvalue weighted by molar-refractivity contribution is 6.01. The van der Waals surface area contributed by atoms with Crippen molar-refractivity contribution >= 4 is 11.9 Å². The van der Waals surface area contributed by atoms with Gasteiger partial charge in [-0.25, -0.2) is 4.79 Å². The molecule has 0 aromatic heterocycles. The Hall–Kier alpha value is -2.62. The first-order valence-electron chi connectivity index (χ1n) is 5.70. The maximum Gasteiger partial charge on any atom is 0.339 e. The molecule has 0 saturated heterocycles. The van der Waals surface area contributed by atoms with Crippen molar-refractivity contribution < 1.29 is 19.4 Å². The van der Waals surface area contributed by atoms with E-state index in [0.717, 1.165) is 5.56 Å².